The molecule has 2 aromatic carbocycles. The number of carbonyl (C=O) groups is 1. The van der Waals surface area contributed by atoms with Crippen molar-refractivity contribution in [3.63, 3.8) is 0 Å². The molecule has 150 valence electrons. The number of para-hydroxylation sites is 1. The van der Waals surface area contributed by atoms with Crippen molar-refractivity contribution in [2.45, 2.75) is 18.1 Å². The first-order chi connectivity index (χ1) is 14.2. The number of thioether (sulfide) groups is 1. The Morgan fingerprint density at radius 2 is 1.97 bits per heavy atom. The molecule has 1 atom stereocenters. The number of carbonyl (C=O) groups excluding carboxylic acids is 1. The molecule has 6 nitrogen and oxygen atoms in total. The summed E-state index contributed by atoms with van der Waals surface area (Å²) in [7, 11) is 1.65. The van der Waals surface area contributed by atoms with Crippen molar-refractivity contribution in [2.24, 2.45) is 5.92 Å². The summed E-state index contributed by atoms with van der Waals surface area (Å²) in [6, 6.07) is 17.3. The van der Waals surface area contributed by atoms with Gasteiger partial charge < -0.3 is 14.1 Å². The molecule has 0 unspecified atom stereocenters. The fourth-order valence-electron chi connectivity index (χ4n) is 3.49. The van der Waals surface area contributed by atoms with Crippen molar-refractivity contribution >= 4 is 17.7 Å². The lowest BCUT2D eigenvalue weighted by Crippen LogP contribution is -2.28. The van der Waals surface area contributed by atoms with Gasteiger partial charge in [0.05, 0.1) is 13.5 Å². The summed E-state index contributed by atoms with van der Waals surface area (Å²) in [5.41, 5.74) is 1.76. The number of methoxy groups -OCH3 is 1. The number of hydrogen-bond acceptors (Lipinski definition) is 6. The van der Waals surface area contributed by atoms with E-state index in [1.807, 2.05) is 59.5 Å². The van der Waals surface area contributed by atoms with Crippen LogP contribution in [0.25, 0.3) is 0 Å². The minimum Gasteiger partial charge on any atom is -0.496 e. The average Bonchev–Trinajstić information content (AvgIpc) is 3.42. The molecule has 0 N–H and O–H groups in total. The number of nitrogens with zero attached hydrogens (tertiary/aromatic N) is 3. The quantitative estimate of drug-likeness (QED) is 0.551. The van der Waals surface area contributed by atoms with E-state index >= 15 is 0 Å². The van der Waals surface area contributed by atoms with E-state index in [1.165, 1.54) is 0 Å². The molecule has 3 aromatic rings. The zero-order valence-electron chi connectivity index (χ0n) is 16.3. The molecule has 29 heavy (non-hydrogen) atoms. The lowest BCUT2D eigenvalue weighted by molar-refractivity contribution is 0.0788. The first kappa shape index (κ1) is 19.5. The van der Waals surface area contributed by atoms with Gasteiger partial charge in [0.15, 0.2) is 0 Å². The second-order valence-corrected chi connectivity index (χ2v) is 8.00. The van der Waals surface area contributed by atoms with E-state index in [2.05, 4.69) is 10.2 Å². The molecule has 1 aliphatic heterocycles. The third-order valence-electron chi connectivity index (χ3n) is 5.02. The number of likely N-dealkylation sites (tertiary alicyclic amines) is 1. The molecular formula is C22H23N3O3S. The Balaban J connectivity index is 1.29. The summed E-state index contributed by atoms with van der Waals surface area (Å²) < 4.78 is 11.2. The third-order valence-corrected chi connectivity index (χ3v) is 6.07. The van der Waals surface area contributed by atoms with Gasteiger partial charge in [0.25, 0.3) is 11.1 Å². The number of amides is 1. The molecule has 0 radical (unpaired) electrons. The Morgan fingerprint density at radius 1 is 1.17 bits per heavy atom. The first-order valence-electron chi connectivity index (χ1n) is 9.64. The maximum atomic E-state index is 12.6. The van der Waals surface area contributed by atoms with E-state index in [4.69, 9.17) is 9.15 Å². The molecule has 4 rings (SSSR count). The Labute approximate surface area is 174 Å². The summed E-state index contributed by atoms with van der Waals surface area (Å²) in [6.45, 7) is 1.56. The van der Waals surface area contributed by atoms with Crippen molar-refractivity contribution in [3.8, 4) is 5.75 Å². The molecule has 0 saturated carbocycles. The van der Waals surface area contributed by atoms with E-state index < -0.39 is 0 Å². The predicted octanol–water partition coefficient (Wildman–Crippen LogP) is 3.92. The number of rotatable bonds is 7. The van der Waals surface area contributed by atoms with Crippen molar-refractivity contribution < 1.29 is 13.9 Å². The number of ether oxygens (including phenoxy) is 1. The fraction of sp³-hybridized carbons (Fsp3) is 0.318. The van der Waals surface area contributed by atoms with Gasteiger partial charge in [-0.25, -0.2) is 0 Å². The van der Waals surface area contributed by atoms with E-state index in [9.17, 15) is 4.79 Å². The topological polar surface area (TPSA) is 68.5 Å². The summed E-state index contributed by atoms with van der Waals surface area (Å²) in [5.74, 6) is 2.78. The number of benzene rings is 2. The third kappa shape index (κ3) is 4.79. The van der Waals surface area contributed by atoms with Crippen molar-refractivity contribution in [1.29, 1.82) is 0 Å². The van der Waals surface area contributed by atoms with E-state index in [0.29, 0.717) is 23.5 Å². The fourth-order valence-corrected chi connectivity index (χ4v) is 4.39. The van der Waals surface area contributed by atoms with Crippen molar-refractivity contribution in [2.75, 3.05) is 26.0 Å². The predicted molar refractivity (Wildman–Crippen MR) is 111 cm³/mol. The number of aromatic nitrogens is 2. The zero-order valence-corrected chi connectivity index (χ0v) is 17.1. The molecular weight excluding hydrogens is 386 g/mol. The molecule has 0 spiro atoms. The highest BCUT2D eigenvalue weighted by Gasteiger charge is 2.27. The van der Waals surface area contributed by atoms with Crippen molar-refractivity contribution in [1.82, 2.24) is 15.1 Å². The van der Waals surface area contributed by atoms with E-state index in [0.717, 1.165) is 42.1 Å². The van der Waals surface area contributed by atoms with Gasteiger partial charge in [0.1, 0.15) is 5.75 Å². The molecule has 0 bridgehead atoms. The minimum atomic E-state index is 0.106. The molecule has 0 aliphatic carbocycles. The van der Waals surface area contributed by atoms with Crippen LogP contribution in [0.1, 0.15) is 28.2 Å². The van der Waals surface area contributed by atoms with E-state index in [-0.39, 0.29) is 5.91 Å². The maximum Gasteiger partial charge on any atom is 0.276 e. The second-order valence-electron chi connectivity index (χ2n) is 7.03. The Morgan fingerprint density at radius 3 is 2.79 bits per heavy atom. The van der Waals surface area contributed by atoms with Crippen LogP contribution in [0.4, 0.5) is 0 Å². The Bertz CT molecular complexity index is 961. The van der Waals surface area contributed by atoms with E-state index in [1.54, 1.807) is 18.9 Å². The van der Waals surface area contributed by atoms with Crippen molar-refractivity contribution in [3.05, 3.63) is 71.6 Å². The zero-order chi connectivity index (χ0) is 20.1. The molecule has 1 aliphatic rings. The van der Waals surface area contributed by atoms with Gasteiger partial charge in [-0.1, -0.05) is 48.2 Å². The van der Waals surface area contributed by atoms with Gasteiger partial charge in [0.2, 0.25) is 5.89 Å². The summed E-state index contributed by atoms with van der Waals surface area (Å²) in [6.07, 6.45) is 1.54. The lowest BCUT2D eigenvalue weighted by atomic mass is 10.1. The van der Waals surface area contributed by atoms with Crippen LogP contribution in [0.15, 0.2) is 64.2 Å². The molecule has 7 heteroatoms. The Hall–Kier alpha value is -2.80. The molecule has 2 heterocycles. The monoisotopic (exact) mass is 409 g/mol. The minimum absolute atomic E-state index is 0.106. The van der Waals surface area contributed by atoms with Crippen LogP contribution in [0.5, 0.6) is 5.75 Å². The smallest absolute Gasteiger partial charge is 0.276 e. The van der Waals surface area contributed by atoms with Gasteiger partial charge in [0, 0.05) is 30.0 Å². The van der Waals surface area contributed by atoms with Gasteiger partial charge in [-0.2, -0.15) is 0 Å². The molecule has 1 amide bonds. The summed E-state index contributed by atoms with van der Waals surface area (Å²) >= 11 is 1.56. The van der Waals surface area contributed by atoms with Crippen LogP contribution in [0.2, 0.25) is 0 Å². The highest BCUT2D eigenvalue weighted by atomic mass is 32.2. The van der Waals surface area contributed by atoms with Crippen LogP contribution in [0, 0.1) is 5.92 Å². The van der Waals surface area contributed by atoms with Gasteiger partial charge in [-0.05, 0) is 30.5 Å². The summed E-state index contributed by atoms with van der Waals surface area (Å²) in [4.78, 5) is 14.5. The van der Waals surface area contributed by atoms with Gasteiger partial charge in [-0.3, -0.25) is 4.79 Å². The van der Waals surface area contributed by atoms with Crippen LogP contribution < -0.4 is 4.74 Å². The largest absolute Gasteiger partial charge is 0.496 e. The molecule has 1 saturated heterocycles. The molecule has 1 aromatic heterocycles. The average molecular weight is 410 g/mol. The van der Waals surface area contributed by atoms with Crippen LogP contribution >= 0.6 is 11.8 Å². The van der Waals surface area contributed by atoms with Crippen LogP contribution in [-0.4, -0.2) is 47.0 Å². The van der Waals surface area contributed by atoms with Gasteiger partial charge in [-0.15, -0.1) is 10.2 Å². The van der Waals surface area contributed by atoms with Crippen LogP contribution in [-0.2, 0) is 6.42 Å². The second kappa shape index (κ2) is 9.13. The molecule has 1 fully saturated rings. The maximum absolute atomic E-state index is 12.6. The summed E-state index contributed by atoms with van der Waals surface area (Å²) in [5, 5.41) is 8.88. The van der Waals surface area contributed by atoms with Crippen LogP contribution in [0.3, 0.4) is 0 Å². The SMILES string of the molecule is COc1ccccc1Cc1nnc(SC[C@@H]2CCN(C(=O)c3ccccc3)C2)o1. The Kier molecular flexibility index (Phi) is 6.14. The lowest BCUT2D eigenvalue weighted by Gasteiger charge is -2.16. The number of hydrogen-bond donors (Lipinski definition) is 0. The standard InChI is InChI=1S/C22H23N3O3S/c1-27-19-10-6-5-9-18(19)13-20-23-24-22(28-20)29-15-16-11-12-25(14-16)21(26)17-7-3-2-4-8-17/h2-10,16H,11-15H2,1H3/t16-/m1/s1. The normalized spacial score (nSPS) is 16.2. The highest BCUT2D eigenvalue weighted by Crippen LogP contribution is 2.27. The highest BCUT2D eigenvalue weighted by molar-refractivity contribution is 7.99. The van der Waals surface area contributed by atoms with Gasteiger partial charge >= 0.3 is 0 Å². The first-order valence-corrected chi connectivity index (χ1v) is 10.6.